The van der Waals surface area contributed by atoms with Crippen LogP contribution in [0.5, 0.6) is 11.5 Å². The van der Waals surface area contributed by atoms with Gasteiger partial charge in [0.1, 0.15) is 16.5 Å². The van der Waals surface area contributed by atoms with Gasteiger partial charge in [-0.3, -0.25) is 4.79 Å². The highest BCUT2D eigenvalue weighted by Crippen LogP contribution is 2.39. The first-order valence-electron chi connectivity index (χ1n) is 9.70. The summed E-state index contributed by atoms with van der Waals surface area (Å²) < 4.78 is 36.2. The van der Waals surface area contributed by atoms with Crippen molar-refractivity contribution in [1.82, 2.24) is 0 Å². The van der Waals surface area contributed by atoms with Crippen LogP contribution in [0.15, 0.2) is 75.6 Å². The van der Waals surface area contributed by atoms with Gasteiger partial charge in [0.15, 0.2) is 11.5 Å². The molecule has 0 aliphatic carbocycles. The summed E-state index contributed by atoms with van der Waals surface area (Å²) in [5.74, 6) is -0.597. The molecule has 1 amide bonds. The lowest BCUT2D eigenvalue weighted by molar-refractivity contribution is -0.112. The highest BCUT2D eigenvalue weighted by Gasteiger charge is 2.22. The number of anilines is 1. The van der Waals surface area contributed by atoms with Gasteiger partial charge in [-0.05, 0) is 88.6 Å². The van der Waals surface area contributed by atoms with Gasteiger partial charge < -0.3 is 14.2 Å². The van der Waals surface area contributed by atoms with Gasteiger partial charge in [0, 0.05) is 10.7 Å². The molecule has 0 aliphatic rings. The monoisotopic (exact) mass is 560 g/mol. The Morgan fingerprint density at radius 3 is 2.47 bits per heavy atom. The third-order valence-corrected chi connectivity index (χ3v) is 6.58. The summed E-state index contributed by atoms with van der Waals surface area (Å²) in [6.07, 6.45) is 1.36. The average Bonchev–Trinajstić information content (AvgIpc) is 2.79. The first-order valence-corrected chi connectivity index (χ1v) is 12.3. The fraction of sp³-hybridized carbons (Fsp3) is 0.0833. The average molecular weight is 562 g/mol. The first kappa shape index (κ1) is 25.3. The smallest absolute Gasteiger partial charge is 0.339 e. The Kier molecular flexibility index (Phi) is 7.99. The van der Waals surface area contributed by atoms with Crippen LogP contribution in [0.2, 0.25) is 5.02 Å². The lowest BCUT2D eigenvalue weighted by Crippen LogP contribution is -2.13. The number of amides is 1. The zero-order chi connectivity index (χ0) is 24.9. The number of benzene rings is 3. The lowest BCUT2D eigenvalue weighted by atomic mass is 10.1. The van der Waals surface area contributed by atoms with Crippen molar-refractivity contribution in [2.24, 2.45) is 0 Å². The van der Waals surface area contributed by atoms with E-state index in [0.29, 0.717) is 16.3 Å². The molecule has 0 atom stereocenters. The Morgan fingerprint density at radius 2 is 1.85 bits per heavy atom. The summed E-state index contributed by atoms with van der Waals surface area (Å²) in [4.78, 5) is 12.5. The van der Waals surface area contributed by atoms with E-state index in [4.69, 9.17) is 20.5 Å². The molecule has 0 unspecified atom stereocenters. The number of hydrogen-bond acceptors (Lipinski definition) is 6. The van der Waals surface area contributed by atoms with Crippen LogP contribution in [0, 0.1) is 18.3 Å². The molecule has 0 heterocycles. The van der Waals surface area contributed by atoms with Gasteiger partial charge in [0.2, 0.25) is 0 Å². The maximum atomic E-state index is 12.7. The molecule has 0 aliphatic heterocycles. The van der Waals surface area contributed by atoms with Gasteiger partial charge in [0.05, 0.1) is 11.6 Å². The maximum Gasteiger partial charge on any atom is 0.339 e. The van der Waals surface area contributed by atoms with E-state index in [1.54, 1.807) is 18.2 Å². The summed E-state index contributed by atoms with van der Waals surface area (Å²) in [7, 11) is -2.84. The number of nitrogens with one attached hydrogen (secondary N) is 1. The standard InChI is InChI=1S/C24H18BrClN2O5S/c1-15-4-3-5-19(10-15)28-24(29)17(14-27)11-16-12-21(25)23(22(13-16)32-2)33-34(30,31)20-8-6-18(26)7-9-20/h3-13H,1-2H3,(H,28,29)/b17-11+. The number of ether oxygens (including phenoxy) is 1. The zero-order valence-electron chi connectivity index (χ0n) is 18.0. The molecule has 10 heteroatoms. The molecule has 174 valence electrons. The van der Waals surface area contributed by atoms with Crippen LogP contribution < -0.4 is 14.2 Å². The predicted molar refractivity (Wildman–Crippen MR) is 133 cm³/mol. The van der Waals surface area contributed by atoms with Crippen molar-refractivity contribution in [2.75, 3.05) is 12.4 Å². The fourth-order valence-corrected chi connectivity index (χ4v) is 4.63. The summed E-state index contributed by atoms with van der Waals surface area (Å²) >= 11 is 9.10. The third-order valence-electron chi connectivity index (χ3n) is 4.50. The van der Waals surface area contributed by atoms with Crippen molar-refractivity contribution in [3.8, 4) is 17.6 Å². The summed E-state index contributed by atoms with van der Waals surface area (Å²) in [6.45, 7) is 1.89. The van der Waals surface area contributed by atoms with Gasteiger partial charge in [-0.25, -0.2) is 0 Å². The first-order chi connectivity index (χ1) is 16.1. The normalized spacial score (nSPS) is 11.4. The third kappa shape index (κ3) is 6.17. The number of rotatable bonds is 7. The molecule has 0 spiro atoms. The Morgan fingerprint density at radius 1 is 1.15 bits per heavy atom. The Labute approximate surface area is 210 Å². The molecule has 34 heavy (non-hydrogen) atoms. The highest BCUT2D eigenvalue weighted by atomic mass is 79.9. The predicted octanol–water partition coefficient (Wildman–Crippen LogP) is 5.73. The number of carbonyl (C=O) groups excluding carboxylic acids is 1. The largest absolute Gasteiger partial charge is 0.493 e. The van der Waals surface area contributed by atoms with Crippen LogP contribution >= 0.6 is 27.5 Å². The lowest BCUT2D eigenvalue weighted by Gasteiger charge is -2.13. The second-order valence-electron chi connectivity index (χ2n) is 7.02. The number of nitrogens with zero attached hydrogens (tertiary/aromatic N) is 1. The van der Waals surface area contributed by atoms with Crippen LogP contribution in [-0.4, -0.2) is 21.4 Å². The summed E-state index contributed by atoms with van der Waals surface area (Å²) in [5.41, 5.74) is 1.77. The number of aryl methyl sites for hydroxylation is 1. The van der Waals surface area contributed by atoms with E-state index in [-0.39, 0.29) is 26.4 Å². The second-order valence-corrected chi connectivity index (χ2v) is 9.86. The molecule has 3 aromatic rings. The SMILES string of the molecule is COc1cc(/C=C(\C#N)C(=O)Nc2cccc(C)c2)cc(Br)c1OS(=O)(=O)c1ccc(Cl)cc1. The minimum absolute atomic E-state index is 0.0783. The Balaban J connectivity index is 1.91. The quantitative estimate of drug-likeness (QED) is 0.224. The molecule has 3 rings (SSSR count). The van der Waals surface area contributed by atoms with Crippen LogP contribution in [0.25, 0.3) is 6.08 Å². The van der Waals surface area contributed by atoms with Crippen molar-refractivity contribution in [2.45, 2.75) is 11.8 Å². The van der Waals surface area contributed by atoms with Crippen LogP contribution in [0.3, 0.4) is 0 Å². The number of carbonyl (C=O) groups is 1. The van der Waals surface area contributed by atoms with E-state index in [1.807, 2.05) is 19.1 Å². The van der Waals surface area contributed by atoms with E-state index in [0.717, 1.165) is 5.56 Å². The van der Waals surface area contributed by atoms with Crippen molar-refractivity contribution in [3.63, 3.8) is 0 Å². The van der Waals surface area contributed by atoms with E-state index in [1.165, 1.54) is 49.6 Å². The molecule has 0 fully saturated rings. The Bertz CT molecular complexity index is 1410. The van der Waals surface area contributed by atoms with Crippen LogP contribution in [0.4, 0.5) is 5.69 Å². The molecule has 0 radical (unpaired) electrons. The zero-order valence-corrected chi connectivity index (χ0v) is 21.2. The van der Waals surface area contributed by atoms with Crippen LogP contribution in [0.1, 0.15) is 11.1 Å². The minimum Gasteiger partial charge on any atom is -0.493 e. The number of methoxy groups -OCH3 is 1. The van der Waals surface area contributed by atoms with Gasteiger partial charge in [-0.2, -0.15) is 13.7 Å². The molecular formula is C24H18BrClN2O5S. The van der Waals surface area contributed by atoms with Crippen molar-refractivity contribution in [1.29, 1.82) is 5.26 Å². The van der Waals surface area contributed by atoms with E-state index in [9.17, 15) is 18.5 Å². The van der Waals surface area contributed by atoms with Crippen molar-refractivity contribution >= 4 is 55.3 Å². The summed E-state index contributed by atoms with van der Waals surface area (Å²) in [6, 6.07) is 17.5. The van der Waals surface area contributed by atoms with E-state index >= 15 is 0 Å². The molecule has 1 N–H and O–H groups in total. The molecule has 3 aromatic carbocycles. The van der Waals surface area contributed by atoms with Gasteiger partial charge in [-0.1, -0.05) is 23.7 Å². The minimum atomic E-state index is -4.18. The highest BCUT2D eigenvalue weighted by molar-refractivity contribution is 9.10. The second kappa shape index (κ2) is 10.7. The topological polar surface area (TPSA) is 105 Å². The van der Waals surface area contributed by atoms with Gasteiger partial charge in [-0.15, -0.1) is 0 Å². The number of hydrogen-bond donors (Lipinski definition) is 1. The van der Waals surface area contributed by atoms with Crippen LogP contribution in [-0.2, 0) is 14.9 Å². The Hall–Kier alpha value is -3.32. The molecule has 0 saturated carbocycles. The summed E-state index contributed by atoms with van der Waals surface area (Å²) in [5, 5.41) is 12.6. The number of halogens is 2. The van der Waals surface area contributed by atoms with Crippen molar-refractivity contribution in [3.05, 3.63) is 86.9 Å². The van der Waals surface area contributed by atoms with Gasteiger partial charge >= 0.3 is 10.1 Å². The van der Waals surface area contributed by atoms with Crippen molar-refractivity contribution < 1.29 is 22.1 Å². The molecular weight excluding hydrogens is 544 g/mol. The van der Waals surface area contributed by atoms with E-state index in [2.05, 4.69) is 21.2 Å². The fourth-order valence-electron chi connectivity index (χ4n) is 2.90. The van der Waals surface area contributed by atoms with Gasteiger partial charge in [0.25, 0.3) is 5.91 Å². The molecule has 0 aromatic heterocycles. The molecule has 0 saturated heterocycles. The number of nitriles is 1. The maximum absolute atomic E-state index is 12.7. The molecule has 7 nitrogen and oxygen atoms in total. The van der Waals surface area contributed by atoms with E-state index < -0.39 is 16.0 Å². The molecule has 0 bridgehead atoms.